The number of rotatable bonds is 3. The summed E-state index contributed by atoms with van der Waals surface area (Å²) in [6.07, 6.45) is 9.31. The van der Waals surface area contributed by atoms with Crippen LogP contribution in [0.1, 0.15) is 62.1 Å². The number of hydrogen-bond donors (Lipinski definition) is 1. The molecule has 19 heavy (non-hydrogen) atoms. The summed E-state index contributed by atoms with van der Waals surface area (Å²) in [6.45, 7) is 2.12. The van der Waals surface area contributed by atoms with Crippen LogP contribution in [0.3, 0.4) is 0 Å². The molecule has 0 bridgehead atoms. The van der Waals surface area contributed by atoms with Gasteiger partial charge in [-0.3, -0.25) is 0 Å². The molecule has 2 nitrogen and oxygen atoms in total. The van der Waals surface area contributed by atoms with E-state index < -0.39 is 0 Å². The maximum atomic E-state index is 6.56. The van der Waals surface area contributed by atoms with Gasteiger partial charge in [0.05, 0.1) is 7.11 Å². The topological polar surface area (TPSA) is 35.2 Å². The van der Waals surface area contributed by atoms with E-state index in [1.165, 1.54) is 56.1 Å². The fourth-order valence-corrected chi connectivity index (χ4v) is 3.22. The van der Waals surface area contributed by atoms with Gasteiger partial charge < -0.3 is 10.5 Å². The Kier molecular flexibility index (Phi) is 5.26. The fraction of sp³-hybridized carbons (Fsp3) is 0.647. The molecule has 0 saturated heterocycles. The maximum Gasteiger partial charge on any atom is 0.123 e. The van der Waals surface area contributed by atoms with Crippen molar-refractivity contribution in [1.82, 2.24) is 0 Å². The van der Waals surface area contributed by atoms with Gasteiger partial charge in [-0.2, -0.15) is 0 Å². The molecule has 1 fully saturated rings. The molecule has 1 atom stereocenters. The molecule has 1 aliphatic carbocycles. The first kappa shape index (κ1) is 14.4. The highest BCUT2D eigenvalue weighted by molar-refractivity contribution is 5.39. The molecule has 1 aromatic carbocycles. The summed E-state index contributed by atoms with van der Waals surface area (Å²) in [5, 5.41) is 0. The van der Waals surface area contributed by atoms with Crippen LogP contribution in [-0.2, 0) is 0 Å². The second-order valence-corrected chi connectivity index (χ2v) is 5.88. The van der Waals surface area contributed by atoms with E-state index in [4.69, 9.17) is 10.5 Å². The van der Waals surface area contributed by atoms with Crippen LogP contribution < -0.4 is 10.5 Å². The van der Waals surface area contributed by atoms with Crippen molar-refractivity contribution < 1.29 is 4.74 Å². The molecule has 0 heterocycles. The molecule has 0 aliphatic heterocycles. The molecule has 0 aromatic heterocycles. The van der Waals surface area contributed by atoms with Crippen molar-refractivity contribution in [2.75, 3.05) is 7.11 Å². The maximum absolute atomic E-state index is 6.56. The third-order valence-corrected chi connectivity index (χ3v) is 4.40. The quantitative estimate of drug-likeness (QED) is 0.877. The lowest BCUT2D eigenvalue weighted by molar-refractivity contribution is 0.318. The van der Waals surface area contributed by atoms with E-state index in [-0.39, 0.29) is 6.04 Å². The minimum atomic E-state index is 0.118. The SMILES string of the molecule is COc1ccc(C)cc1C(N)C1CCCCCCC1. The number of benzene rings is 1. The third-order valence-electron chi connectivity index (χ3n) is 4.40. The molecule has 1 aliphatic rings. The summed E-state index contributed by atoms with van der Waals surface area (Å²) in [5.74, 6) is 1.55. The molecular formula is C17H27NO. The van der Waals surface area contributed by atoms with Crippen LogP contribution in [0.4, 0.5) is 0 Å². The lowest BCUT2D eigenvalue weighted by Gasteiger charge is -2.27. The Morgan fingerprint density at radius 3 is 2.37 bits per heavy atom. The van der Waals surface area contributed by atoms with Crippen molar-refractivity contribution in [3.63, 3.8) is 0 Å². The first-order valence-corrected chi connectivity index (χ1v) is 7.62. The highest BCUT2D eigenvalue weighted by Gasteiger charge is 2.22. The van der Waals surface area contributed by atoms with Crippen molar-refractivity contribution in [2.45, 2.75) is 57.9 Å². The van der Waals surface area contributed by atoms with E-state index in [1.807, 2.05) is 6.07 Å². The van der Waals surface area contributed by atoms with E-state index in [0.29, 0.717) is 5.92 Å². The van der Waals surface area contributed by atoms with Gasteiger partial charge in [-0.15, -0.1) is 0 Å². The Hall–Kier alpha value is -1.02. The standard InChI is InChI=1S/C17H27NO/c1-13-10-11-16(19-2)15(12-13)17(18)14-8-6-4-3-5-7-9-14/h10-12,14,17H,3-9,18H2,1-2H3. The van der Waals surface area contributed by atoms with Crippen LogP contribution in [0.25, 0.3) is 0 Å². The highest BCUT2D eigenvalue weighted by atomic mass is 16.5. The van der Waals surface area contributed by atoms with Gasteiger partial charge in [-0.05, 0) is 31.7 Å². The van der Waals surface area contributed by atoms with E-state index in [9.17, 15) is 0 Å². The van der Waals surface area contributed by atoms with Gasteiger partial charge in [0.25, 0.3) is 0 Å². The van der Waals surface area contributed by atoms with Crippen molar-refractivity contribution in [2.24, 2.45) is 11.7 Å². The summed E-state index contributed by atoms with van der Waals surface area (Å²) < 4.78 is 5.49. The lowest BCUT2D eigenvalue weighted by atomic mass is 9.83. The Balaban J connectivity index is 2.16. The molecule has 1 aromatic rings. The molecular weight excluding hydrogens is 234 g/mol. The molecule has 2 N–H and O–H groups in total. The van der Waals surface area contributed by atoms with E-state index in [0.717, 1.165) is 5.75 Å². The van der Waals surface area contributed by atoms with Crippen LogP contribution in [-0.4, -0.2) is 7.11 Å². The van der Waals surface area contributed by atoms with E-state index >= 15 is 0 Å². The summed E-state index contributed by atoms with van der Waals surface area (Å²) >= 11 is 0. The van der Waals surface area contributed by atoms with Crippen LogP contribution in [0, 0.1) is 12.8 Å². The van der Waals surface area contributed by atoms with Crippen LogP contribution in [0.15, 0.2) is 18.2 Å². The van der Waals surface area contributed by atoms with Gasteiger partial charge in [-0.1, -0.05) is 49.8 Å². The summed E-state index contributed by atoms with van der Waals surface area (Å²) in [6, 6.07) is 6.45. The summed E-state index contributed by atoms with van der Waals surface area (Å²) in [7, 11) is 1.74. The van der Waals surface area contributed by atoms with Crippen molar-refractivity contribution >= 4 is 0 Å². The minimum Gasteiger partial charge on any atom is -0.496 e. The molecule has 0 radical (unpaired) electrons. The molecule has 2 heteroatoms. The highest BCUT2D eigenvalue weighted by Crippen LogP contribution is 2.35. The molecule has 1 unspecified atom stereocenters. The fourth-order valence-electron chi connectivity index (χ4n) is 3.22. The third kappa shape index (κ3) is 3.73. The largest absolute Gasteiger partial charge is 0.496 e. The first-order valence-electron chi connectivity index (χ1n) is 7.62. The molecule has 2 rings (SSSR count). The Morgan fingerprint density at radius 2 is 1.74 bits per heavy atom. The average Bonchev–Trinajstić information content (AvgIpc) is 2.37. The molecule has 1 saturated carbocycles. The van der Waals surface area contributed by atoms with Crippen molar-refractivity contribution in [3.05, 3.63) is 29.3 Å². The molecule has 0 amide bonds. The monoisotopic (exact) mass is 261 g/mol. The van der Waals surface area contributed by atoms with Gasteiger partial charge in [-0.25, -0.2) is 0 Å². The van der Waals surface area contributed by atoms with Crippen LogP contribution in [0.5, 0.6) is 5.75 Å². The number of hydrogen-bond acceptors (Lipinski definition) is 2. The zero-order chi connectivity index (χ0) is 13.7. The number of methoxy groups -OCH3 is 1. The predicted molar refractivity (Wildman–Crippen MR) is 80.5 cm³/mol. The van der Waals surface area contributed by atoms with Gasteiger partial charge in [0, 0.05) is 11.6 Å². The first-order chi connectivity index (χ1) is 9.22. The minimum absolute atomic E-state index is 0.118. The second-order valence-electron chi connectivity index (χ2n) is 5.88. The zero-order valence-electron chi connectivity index (χ0n) is 12.3. The van der Waals surface area contributed by atoms with E-state index in [2.05, 4.69) is 19.1 Å². The molecule has 0 spiro atoms. The Labute approximate surface area is 117 Å². The van der Waals surface area contributed by atoms with Crippen molar-refractivity contribution in [1.29, 1.82) is 0 Å². The zero-order valence-corrected chi connectivity index (χ0v) is 12.3. The Morgan fingerprint density at radius 1 is 1.11 bits per heavy atom. The van der Waals surface area contributed by atoms with Gasteiger partial charge in [0.2, 0.25) is 0 Å². The number of nitrogens with two attached hydrogens (primary N) is 1. The Bertz CT molecular complexity index is 394. The summed E-state index contributed by atoms with van der Waals surface area (Å²) in [4.78, 5) is 0. The lowest BCUT2D eigenvalue weighted by Crippen LogP contribution is -2.23. The van der Waals surface area contributed by atoms with Crippen LogP contribution >= 0.6 is 0 Å². The predicted octanol–water partition coefficient (Wildman–Crippen LogP) is 4.36. The van der Waals surface area contributed by atoms with Gasteiger partial charge in [0.1, 0.15) is 5.75 Å². The van der Waals surface area contributed by atoms with Gasteiger partial charge in [0.15, 0.2) is 0 Å². The van der Waals surface area contributed by atoms with Crippen molar-refractivity contribution in [3.8, 4) is 5.75 Å². The van der Waals surface area contributed by atoms with Crippen LogP contribution in [0.2, 0.25) is 0 Å². The smallest absolute Gasteiger partial charge is 0.123 e. The average molecular weight is 261 g/mol. The normalized spacial score (nSPS) is 19.5. The second kappa shape index (κ2) is 6.95. The number of aryl methyl sites for hydroxylation is 1. The van der Waals surface area contributed by atoms with E-state index in [1.54, 1.807) is 7.11 Å². The summed E-state index contributed by atoms with van der Waals surface area (Å²) in [5.41, 5.74) is 9.00. The van der Waals surface area contributed by atoms with Gasteiger partial charge >= 0.3 is 0 Å². The number of ether oxygens (including phenoxy) is 1. The molecule has 106 valence electrons.